The number of halogens is 1. The maximum atomic E-state index is 12.6. The third-order valence-corrected chi connectivity index (χ3v) is 4.84. The van der Waals surface area contributed by atoms with E-state index in [9.17, 15) is 13.2 Å². The second-order valence-corrected chi connectivity index (χ2v) is 9.00. The van der Waals surface area contributed by atoms with Crippen molar-refractivity contribution in [2.24, 2.45) is 0 Å². The zero-order valence-corrected chi connectivity index (χ0v) is 18.5. The highest BCUT2D eigenvalue weighted by Gasteiger charge is 2.16. The molecule has 2 aromatic rings. The molecular formula is C20H25ClN2O5S. The van der Waals surface area contributed by atoms with Crippen molar-refractivity contribution in [1.82, 2.24) is 5.32 Å². The lowest BCUT2D eigenvalue weighted by molar-refractivity contribution is 0.0940. The van der Waals surface area contributed by atoms with Crippen LogP contribution in [0.25, 0.3) is 0 Å². The molecule has 0 saturated heterocycles. The van der Waals surface area contributed by atoms with E-state index in [0.717, 1.165) is 11.8 Å². The summed E-state index contributed by atoms with van der Waals surface area (Å²) in [6.45, 7) is 5.69. The van der Waals surface area contributed by atoms with Crippen LogP contribution >= 0.6 is 11.6 Å². The molecule has 7 nitrogen and oxygen atoms in total. The molecule has 29 heavy (non-hydrogen) atoms. The molecule has 1 atom stereocenters. The molecule has 0 aromatic heterocycles. The van der Waals surface area contributed by atoms with Crippen LogP contribution in [0.2, 0.25) is 5.02 Å². The Balaban J connectivity index is 2.19. The minimum Gasteiger partial charge on any atom is -0.493 e. The number of hydrogen-bond donors (Lipinski definition) is 2. The van der Waals surface area contributed by atoms with Crippen molar-refractivity contribution in [3.05, 3.63) is 52.5 Å². The van der Waals surface area contributed by atoms with E-state index in [0.29, 0.717) is 11.5 Å². The molecule has 0 saturated carbocycles. The molecule has 0 aliphatic heterocycles. The number of rotatable bonds is 8. The Kier molecular flexibility index (Phi) is 7.37. The van der Waals surface area contributed by atoms with Crippen LogP contribution in [0.1, 0.15) is 42.7 Å². The molecule has 2 aromatic carbocycles. The lowest BCUT2D eigenvalue weighted by Gasteiger charge is -2.18. The van der Waals surface area contributed by atoms with Crippen molar-refractivity contribution < 1.29 is 22.7 Å². The van der Waals surface area contributed by atoms with Gasteiger partial charge in [-0.25, -0.2) is 8.42 Å². The van der Waals surface area contributed by atoms with Gasteiger partial charge in [0.25, 0.3) is 5.91 Å². The first-order valence-corrected chi connectivity index (χ1v) is 11.2. The zero-order valence-electron chi connectivity index (χ0n) is 16.9. The Morgan fingerprint density at radius 1 is 1.07 bits per heavy atom. The first-order chi connectivity index (χ1) is 13.5. The summed E-state index contributed by atoms with van der Waals surface area (Å²) in [5, 5.41) is 3.08. The third-order valence-electron chi connectivity index (χ3n) is 3.92. The molecule has 0 aliphatic carbocycles. The highest BCUT2D eigenvalue weighted by molar-refractivity contribution is 7.92. The Morgan fingerprint density at radius 2 is 1.76 bits per heavy atom. The molecular weight excluding hydrogens is 416 g/mol. The van der Waals surface area contributed by atoms with Gasteiger partial charge in [-0.15, -0.1) is 0 Å². The Morgan fingerprint density at radius 3 is 2.34 bits per heavy atom. The van der Waals surface area contributed by atoms with Gasteiger partial charge >= 0.3 is 0 Å². The van der Waals surface area contributed by atoms with Gasteiger partial charge in [-0.2, -0.15) is 0 Å². The van der Waals surface area contributed by atoms with E-state index in [4.69, 9.17) is 21.1 Å². The summed E-state index contributed by atoms with van der Waals surface area (Å²) in [5.74, 6) is 0.828. The Bertz CT molecular complexity index is 992. The molecule has 0 radical (unpaired) electrons. The maximum Gasteiger partial charge on any atom is 0.251 e. The van der Waals surface area contributed by atoms with Gasteiger partial charge in [0, 0.05) is 5.56 Å². The second kappa shape index (κ2) is 9.37. The first kappa shape index (κ1) is 22.8. The highest BCUT2D eigenvalue weighted by Crippen LogP contribution is 2.31. The van der Waals surface area contributed by atoms with E-state index in [1.807, 2.05) is 26.8 Å². The number of sulfonamides is 1. The Labute approximate surface area is 176 Å². The fourth-order valence-corrected chi connectivity index (χ4v) is 3.40. The van der Waals surface area contributed by atoms with Gasteiger partial charge in [0.05, 0.1) is 36.2 Å². The van der Waals surface area contributed by atoms with Crippen molar-refractivity contribution in [3.8, 4) is 11.5 Å². The van der Waals surface area contributed by atoms with Crippen molar-refractivity contribution in [2.75, 3.05) is 18.1 Å². The van der Waals surface area contributed by atoms with Crippen LogP contribution in [-0.2, 0) is 10.0 Å². The number of amides is 1. The summed E-state index contributed by atoms with van der Waals surface area (Å²) in [4.78, 5) is 12.6. The summed E-state index contributed by atoms with van der Waals surface area (Å²) in [5.41, 5.74) is 1.25. The number of hydrogen-bond acceptors (Lipinski definition) is 5. The molecule has 2 rings (SSSR count). The van der Waals surface area contributed by atoms with Crippen molar-refractivity contribution in [2.45, 2.75) is 32.9 Å². The molecule has 0 fully saturated rings. The van der Waals surface area contributed by atoms with E-state index in [-0.39, 0.29) is 34.3 Å². The van der Waals surface area contributed by atoms with Crippen LogP contribution in [0.5, 0.6) is 11.5 Å². The van der Waals surface area contributed by atoms with E-state index in [2.05, 4.69) is 10.0 Å². The molecule has 0 heterocycles. The van der Waals surface area contributed by atoms with E-state index >= 15 is 0 Å². The van der Waals surface area contributed by atoms with Gasteiger partial charge in [-0.05, 0) is 56.7 Å². The topological polar surface area (TPSA) is 93.7 Å². The quantitative estimate of drug-likeness (QED) is 0.647. The number of nitrogens with one attached hydrogen (secondary N) is 2. The zero-order chi connectivity index (χ0) is 21.8. The number of carbonyl (C=O) groups is 1. The summed E-state index contributed by atoms with van der Waals surface area (Å²) in [7, 11) is -1.97. The number of carbonyl (C=O) groups excluding carboxylic acids is 1. The van der Waals surface area contributed by atoms with Crippen LogP contribution < -0.4 is 19.5 Å². The number of benzene rings is 2. The van der Waals surface area contributed by atoms with Gasteiger partial charge in [0.15, 0.2) is 11.5 Å². The highest BCUT2D eigenvalue weighted by atomic mass is 35.5. The minimum atomic E-state index is -3.52. The molecule has 1 amide bonds. The first-order valence-electron chi connectivity index (χ1n) is 8.93. The molecule has 0 bridgehead atoms. The summed E-state index contributed by atoms with van der Waals surface area (Å²) in [6.07, 6.45) is 1.02. The lowest BCUT2D eigenvalue weighted by Crippen LogP contribution is -2.26. The predicted molar refractivity (Wildman–Crippen MR) is 115 cm³/mol. The van der Waals surface area contributed by atoms with E-state index in [1.54, 1.807) is 19.2 Å². The number of methoxy groups -OCH3 is 1. The van der Waals surface area contributed by atoms with Gasteiger partial charge in [-0.1, -0.05) is 17.7 Å². The van der Waals surface area contributed by atoms with Crippen molar-refractivity contribution in [3.63, 3.8) is 0 Å². The normalized spacial score (nSPS) is 12.4. The van der Waals surface area contributed by atoms with E-state index in [1.165, 1.54) is 18.2 Å². The molecule has 9 heteroatoms. The fraction of sp³-hybridized carbons (Fsp3) is 0.350. The average Bonchev–Trinajstić information content (AvgIpc) is 2.62. The molecule has 2 N–H and O–H groups in total. The molecule has 0 aliphatic rings. The second-order valence-electron chi connectivity index (χ2n) is 6.84. The van der Waals surface area contributed by atoms with Crippen LogP contribution in [0.4, 0.5) is 5.69 Å². The summed E-state index contributed by atoms with van der Waals surface area (Å²) in [6, 6.07) is 9.52. The van der Waals surface area contributed by atoms with E-state index < -0.39 is 10.0 Å². The summed E-state index contributed by atoms with van der Waals surface area (Å²) >= 11 is 6.01. The maximum absolute atomic E-state index is 12.6. The SMILES string of the molecule is COc1cc(C(C)NC(=O)c2ccc(Cl)c(NS(C)(=O)=O)c2)ccc1OC(C)C. The summed E-state index contributed by atoms with van der Waals surface area (Å²) < 4.78 is 36.3. The van der Waals surface area contributed by atoms with Crippen LogP contribution in [-0.4, -0.2) is 33.8 Å². The smallest absolute Gasteiger partial charge is 0.251 e. The van der Waals surface area contributed by atoms with Gasteiger partial charge in [0.1, 0.15) is 0 Å². The van der Waals surface area contributed by atoms with Crippen LogP contribution in [0.15, 0.2) is 36.4 Å². The molecule has 158 valence electrons. The average molecular weight is 441 g/mol. The van der Waals surface area contributed by atoms with Crippen LogP contribution in [0.3, 0.4) is 0 Å². The lowest BCUT2D eigenvalue weighted by atomic mass is 10.1. The van der Waals surface area contributed by atoms with Gasteiger partial charge < -0.3 is 14.8 Å². The standard InChI is InChI=1S/C20H25ClN2O5S/c1-12(2)28-18-9-7-14(11-19(18)27-4)13(3)22-20(24)15-6-8-16(21)17(10-15)23-29(5,25)26/h6-13,23H,1-5H3,(H,22,24). The predicted octanol–water partition coefficient (Wildman–Crippen LogP) is 4.00. The number of anilines is 1. The third kappa shape index (κ3) is 6.54. The molecule has 1 unspecified atom stereocenters. The number of ether oxygens (including phenoxy) is 2. The monoisotopic (exact) mass is 440 g/mol. The van der Waals surface area contributed by atoms with Gasteiger partial charge in [0.2, 0.25) is 10.0 Å². The van der Waals surface area contributed by atoms with Crippen LogP contribution in [0, 0.1) is 0 Å². The van der Waals surface area contributed by atoms with Gasteiger partial charge in [-0.3, -0.25) is 9.52 Å². The largest absolute Gasteiger partial charge is 0.493 e. The molecule has 0 spiro atoms. The fourth-order valence-electron chi connectivity index (χ4n) is 2.61. The minimum absolute atomic E-state index is 0.00604. The van der Waals surface area contributed by atoms with Crippen molar-refractivity contribution >= 4 is 33.2 Å². The van der Waals surface area contributed by atoms with Crippen molar-refractivity contribution in [1.29, 1.82) is 0 Å². The Hall–Kier alpha value is -2.45.